The molecule has 0 radical (unpaired) electrons. The summed E-state index contributed by atoms with van der Waals surface area (Å²) in [6.45, 7) is 4.12. The molecule has 8 heteroatoms. The molecule has 0 aliphatic carbocycles. The average Bonchev–Trinajstić information content (AvgIpc) is 2.42. The van der Waals surface area contributed by atoms with E-state index < -0.39 is 16.0 Å². The first-order chi connectivity index (χ1) is 9.78. The maximum atomic E-state index is 12.6. The summed E-state index contributed by atoms with van der Waals surface area (Å²) in [6, 6.07) is 2.92. The van der Waals surface area contributed by atoms with Crippen molar-refractivity contribution in [1.82, 2.24) is 9.29 Å². The number of carbonyl (C=O) groups is 1. The second-order valence-corrected chi connectivity index (χ2v) is 6.88. The van der Waals surface area contributed by atoms with Gasteiger partial charge in [-0.1, -0.05) is 13.8 Å². The number of anilines is 1. The van der Waals surface area contributed by atoms with Gasteiger partial charge in [-0.2, -0.15) is 4.31 Å². The van der Waals surface area contributed by atoms with Crippen molar-refractivity contribution in [3.05, 3.63) is 18.3 Å². The lowest BCUT2D eigenvalue weighted by Crippen LogP contribution is -2.36. The number of nitrogens with zero attached hydrogens (tertiary/aromatic N) is 2. The Morgan fingerprint density at radius 2 is 2.14 bits per heavy atom. The van der Waals surface area contributed by atoms with E-state index in [0.29, 0.717) is 0 Å². The van der Waals surface area contributed by atoms with E-state index in [1.807, 2.05) is 13.8 Å². The lowest BCUT2D eigenvalue weighted by atomic mass is 10.2. The molecule has 1 aromatic heterocycles. The molecule has 0 amide bonds. The zero-order valence-electron chi connectivity index (χ0n) is 12.4. The lowest BCUT2D eigenvalue weighted by molar-refractivity contribution is -0.140. The number of methoxy groups -OCH3 is 1. The fraction of sp³-hybridized carbons (Fsp3) is 0.538. The van der Waals surface area contributed by atoms with Crippen LogP contribution in [0.5, 0.6) is 0 Å². The first-order valence-electron chi connectivity index (χ1n) is 6.56. The highest BCUT2D eigenvalue weighted by Crippen LogP contribution is 2.21. The molecule has 1 heterocycles. The van der Waals surface area contributed by atoms with Crippen molar-refractivity contribution in [3.8, 4) is 0 Å². The summed E-state index contributed by atoms with van der Waals surface area (Å²) in [7, 11) is -2.53. The van der Waals surface area contributed by atoms with Crippen molar-refractivity contribution < 1.29 is 17.9 Å². The van der Waals surface area contributed by atoms with Gasteiger partial charge in [-0.25, -0.2) is 13.4 Å². The molecule has 1 aromatic rings. The molecular weight excluding hydrogens is 294 g/mol. The van der Waals surface area contributed by atoms with Crippen molar-refractivity contribution in [2.75, 3.05) is 25.9 Å². The van der Waals surface area contributed by atoms with E-state index >= 15 is 0 Å². The number of sulfonamides is 1. The number of nitrogens with two attached hydrogens (primary N) is 1. The highest BCUT2D eigenvalue weighted by atomic mass is 32.2. The van der Waals surface area contributed by atoms with Gasteiger partial charge in [-0.05, 0) is 18.1 Å². The highest BCUT2D eigenvalue weighted by Gasteiger charge is 2.28. The Labute approximate surface area is 125 Å². The zero-order valence-corrected chi connectivity index (χ0v) is 13.3. The molecule has 0 spiro atoms. The predicted octanol–water partition coefficient (Wildman–Crippen LogP) is 0.874. The Balaban J connectivity index is 3.06. The van der Waals surface area contributed by atoms with Gasteiger partial charge in [0.25, 0.3) is 0 Å². The second-order valence-electron chi connectivity index (χ2n) is 4.97. The first-order valence-corrected chi connectivity index (χ1v) is 8.00. The normalized spacial score (nSPS) is 11.9. The maximum Gasteiger partial charge on any atom is 0.306 e. The van der Waals surface area contributed by atoms with E-state index in [9.17, 15) is 13.2 Å². The SMILES string of the molecule is COC(=O)CCN(CC(C)C)S(=O)(=O)c1cccnc1N. The third-order valence-corrected chi connectivity index (χ3v) is 4.69. The van der Waals surface area contributed by atoms with Crippen molar-refractivity contribution in [3.63, 3.8) is 0 Å². The highest BCUT2D eigenvalue weighted by molar-refractivity contribution is 7.89. The Bertz CT molecular complexity index is 587. The van der Waals surface area contributed by atoms with Crippen LogP contribution in [0, 0.1) is 5.92 Å². The van der Waals surface area contributed by atoms with Gasteiger partial charge in [0.05, 0.1) is 13.5 Å². The fourth-order valence-corrected chi connectivity index (χ4v) is 3.47. The fourth-order valence-electron chi connectivity index (χ4n) is 1.79. The van der Waals surface area contributed by atoms with Crippen molar-refractivity contribution in [1.29, 1.82) is 0 Å². The second kappa shape index (κ2) is 7.37. The monoisotopic (exact) mass is 315 g/mol. The first kappa shape index (κ1) is 17.4. The van der Waals surface area contributed by atoms with E-state index in [2.05, 4.69) is 9.72 Å². The summed E-state index contributed by atoms with van der Waals surface area (Å²) in [6.07, 6.45) is 1.41. The molecule has 0 bridgehead atoms. The average molecular weight is 315 g/mol. The van der Waals surface area contributed by atoms with Gasteiger partial charge in [-0.15, -0.1) is 0 Å². The number of aromatic nitrogens is 1. The van der Waals surface area contributed by atoms with Crippen molar-refractivity contribution in [2.45, 2.75) is 25.2 Å². The number of hydrogen-bond donors (Lipinski definition) is 1. The van der Waals surface area contributed by atoms with Crippen molar-refractivity contribution >= 4 is 21.8 Å². The molecule has 0 saturated heterocycles. The molecule has 0 atom stereocenters. The molecule has 0 saturated carbocycles. The van der Waals surface area contributed by atoms with E-state index in [-0.39, 0.29) is 36.1 Å². The molecule has 0 aromatic carbocycles. The van der Waals surface area contributed by atoms with Crippen LogP contribution in [0.3, 0.4) is 0 Å². The summed E-state index contributed by atoms with van der Waals surface area (Å²) in [5.41, 5.74) is 5.65. The minimum atomic E-state index is -3.79. The molecule has 0 aliphatic heterocycles. The van der Waals surface area contributed by atoms with Crippen LogP contribution >= 0.6 is 0 Å². The quantitative estimate of drug-likeness (QED) is 0.749. The van der Waals surface area contributed by atoms with Crippen molar-refractivity contribution in [2.24, 2.45) is 5.92 Å². The number of pyridine rings is 1. The van der Waals surface area contributed by atoms with Gasteiger partial charge in [0.2, 0.25) is 10.0 Å². The third kappa shape index (κ3) is 4.68. The zero-order chi connectivity index (χ0) is 16.0. The number of esters is 1. The maximum absolute atomic E-state index is 12.6. The number of ether oxygens (including phenoxy) is 1. The molecule has 0 aliphatic rings. The molecule has 118 valence electrons. The summed E-state index contributed by atoms with van der Waals surface area (Å²) in [4.78, 5) is 15.0. The largest absolute Gasteiger partial charge is 0.469 e. The minimum Gasteiger partial charge on any atom is -0.469 e. The smallest absolute Gasteiger partial charge is 0.306 e. The summed E-state index contributed by atoms with van der Waals surface area (Å²) < 4.78 is 31.1. The van der Waals surface area contributed by atoms with Gasteiger partial charge >= 0.3 is 5.97 Å². The van der Waals surface area contributed by atoms with Gasteiger partial charge in [0.15, 0.2) is 0 Å². The van der Waals surface area contributed by atoms with E-state index in [1.165, 1.54) is 29.7 Å². The van der Waals surface area contributed by atoms with E-state index in [1.54, 1.807) is 0 Å². The minimum absolute atomic E-state index is 0.0113. The van der Waals surface area contributed by atoms with Gasteiger partial charge < -0.3 is 10.5 Å². The van der Waals surface area contributed by atoms with Gasteiger partial charge in [0.1, 0.15) is 10.7 Å². The number of carbonyl (C=O) groups excluding carboxylic acids is 1. The van der Waals surface area contributed by atoms with Crippen LogP contribution in [0.4, 0.5) is 5.82 Å². The molecule has 2 N–H and O–H groups in total. The number of rotatable bonds is 7. The standard InChI is InChI=1S/C13H21N3O4S/c1-10(2)9-16(8-6-12(17)20-3)21(18,19)11-5-4-7-15-13(11)14/h4-5,7,10H,6,8-9H2,1-3H3,(H2,14,15). The van der Waals surface area contributed by atoms with Crippen LogP contribution in [-0.2, 0) is 19.6 Å². The van der Waals surface area contributed by atoms with Crippen LogP contribution in [0.15, 0.2) is 23.2 Å². The summed E-state index contributed by atoms with van der Waals surface area (Å²) in [5, 5.41) is 0. The molecule has 0 unspecified atom stereocenters. The van der Waals surface area contributed by atoms with E-state index in [4.69, 9.17) is 5.73 Å². The lowest BCUT2D eigenvalue weighted by Gasteiger charge is -2.23. The van der Waals surface area contributed by atoms with Crippen LogP contribution in [0.25, 0.3) is 0 Å². The van der Waals surface area contributed by atoms with Crippen LogP contribution < -0.4 is 5.73 Å². The molecule has 21 heavy (non-hydrogen) atoms. The summed E-state index contributed by atoms with van der Waals surface area (Å²) in [5.74, 6) is -0.405. The van der Waals surface area contributed by atoms with Gasteiger partial charge in [-0.3, -0.25) is 4.79 Å². The molecule has 0 fully saturated rings. The summed E-state index contributed by atoms with van der Waals surface area (Å²) >= 11 is 0. The number of hydrogen-bond acceptors (Lipinski definition) is 6. The van der Waals surface area contributed by atoms with Crippen LogP contribution in [0.2, 0.25) is 0 Å². The topological polar surface area (TPSA) is 103 Å². The Morgan fingerprint density at radius 1 is 1.48 bits per heavy atom. The Kier molecular flexibility index (Phi) is 6.10. The molecule has 1 rings (SSSR count). The Hall–Kier alpha value is -1.67. The third-order valence-electron chi connectivity index (χ3n) is 2.78. The van der Waals surface area contributed by atoms with Crippen LogP contribution in [-0.4, -0.2) is 43.9 Å². The van der Waals surface area contributed by atoms with Crippen LogP contribution in [0.1, 0.15) is 20.3 Å². The molecular formula is C13H21N3O4S. The van der Waals surface area contributed by atoms with E-state index in [0.717, 1.165) is 0 Å². The van der Waals surface area contributed by atoms with Gasteiger partial charge in [0, 0.05) is 19.3 Å². The molecule has 7 nitrogen and oxygen atoms in total. The Morgan fingerprint density at radius 3 is 2.67 bits per heavy atom. The number of nitrogen functional groups attached to an aromatic ring is 1. The predicted molar refractivity (Wildman–Crippen MR) is 78.9 cm³/mol.